The summed E-state index contributed by atoms with van der Waals surface area (Å²) in [5, 5.41) is 55.5. The molecule has 4 unspecified atom stereocenters. The Bertz CT molecular complexity index is 6420. The zero-order valence-corrected chi connectivity index (χ0v) is 86.9. The number of carbonyl (C=O) groups excluding carboxylic acids is 7. The van der Waals surface area contributed by atoms with Crippen LogP contribution in [0.5, 0.6) is 23.0 Å². The van der Waals surface area contributed by atoms with Crippen LogP contribution >= 0.6 is 105 Å². The number of carboxylic acid groups (broad SMARTS) is 2. The molecule has 4 aliphatic heterocycles. The van der Waals surface area contributed by atoms with Crippen LogP contribution < -0.4 is 74.0 Å². The van der Waals surface area contributed by atoms with E-state index in [4.69, 9.17) is 121 Å². The van der Waals surface area contributed by atoms with Gasteiger partial charge in [-0.3, -0.25) is 24.0 Å². The molecule has 6 fully saturated rings. The van der Waals surface area contributed by atoms with Gasteiger partial charge in [0.25, 0.3) is 0 Å². The first-order valence-electron chi connectivity index (χ1n) is 46.4. The van der Waals surface area contributed by atoms with E-state index in [9.17, 15) is 58.8 Å². The molecule has 6 aliphatic carbocycles. The van der Waals surface area contributed by atoms with Crippen LogP contribution in [0.2, 0.25) is 40.2 Å². The number of amides is 2. The SMILES string of the molecule is CC(C)(C)OC(=O)N(c1ccccc1CC(=O)O)c1c(Cl)cccc1Cl.CC(C)(C)OC(=O)N(c1ccccc1CC(=O)Oc1ccc2c3c1OC1C(=O)CC[C@@]4(O)[C@H](NCC[C@]314)C2CC1CC1)c1c(Cl)cccc1Cl.Cl.O=C(Cc1ccccc1Cc1c(Cl)cccc1Cl)Oc1ccc2c3c1OC1C(=O)CC[C@@]4(O)[C@H](NCC[C@]314)C2CC1CC1.O=C([O-])Cc1ccccc1Cc1c(Cl)cccc1Cl.[Na+]. The van der Waals surface area contributed by atoms with Gasteiger partial charge in [-0.25, -0.2) is 19.4 Å². The normalized spacial score (nSPS) is 22.6. The summed E-state index contributed by atoms with van der Waals surface area (Å²) in [4.78, 5) is 105. The first-order valence-corrected chi connectivity index (χ1v) is 49.4. The third-order valence-corrected chi connectivity index (χ3v) is 30.6. The van der Waals surface area contributed by atoms with Gasteiger partial charge in [0.15, 0.2) is 46.8 Å². The monoisotopic (exact) mass is 2080 g/mol. The van der Waals surface area contributed by atoms with Crippen molar-refractivity contribution in [2.24, 2.45) is 11.8 Å². The van der Waals surface area contributed by atoms with E-state index in [0.717, 1.165) is 68.5 Å². The van der Waals surface area contributed by atoms with Crippen molar-refractivity contribution in [3.63, 3.8) is 0 Å². The zero-order valence-electron chi connectivity index (χ0n) is 78.0. The van der Waals surface area contributed by atoms with Crippen molar-refractivity contribution in [3.05, 3.63) is 301 Å². The maximum Gasteiger partial charge on any atom is 1.00 e. The number of para-hydroxylation sites is 4. The molecule has 2 spiro atoms. The molecule has 5 N–H and O–H groups in total. The molecule has 10 atom stereocenters. The number of esters is 2. The molecule has 4 bridgehead atoms. The van der Waals surface area contributed by atoms with Gasteiger partial charge >= 0.3 is 59.7 Å². The van der Waals surface area contributed by atoms with E-state index in [0.29, 0.717) is 123 Å². The fraction of sp³-hybridized carbons (Fsp3) is 0.370. The second-order valence-electron chi connectivity index (χ2n) is 39.1. The third-order valence-electron chi connectivity index (χ3n) is 28.0. The average Bonchev–Trinajstić information content (AvgIpc) is 1.49. The van der Waals surface area contributed by atoms with Crippen molar-refractivity contribution in [2.45, 2.75) is 226 Å². The predicted octanol–water partition coefficient (Wildman–Crippen LogP) is 19.6. The standard InChI is InChI=1S/C39H40Cl2N2O7.C35H33Cl2NO5.C19H19Cl2NO4.C15H12Cl2O2.ClH.Na/c1-37(2,3)50-36(46)43(32-25(40)8-6-9-26(32)41)27-10-5-4-7-22(27)20-30(45)48-29-14-13-23-24(19-21-11-12-21)34-39(47)16-15-28(44)35-38(39,17-18-42-34)31(23)33(29)49-35;36-25-6-3-7-26(37)24(25)17-20-4-1-2-5-21(20)18-29(40)42-28-11-10-22-23(16-19-8-9-19)32-35(41)13-12-27(39)33-34(35,14-15-38-32)30(22)31(28)43-33;1-19(2,3)26-18(25)22(17-13(20)8-6-9-14(17)21)15-10-5-4-7-12(15)11-16(23)24;16-13-6-3-7-14(17)12(13)8-10-4-1-2-5-11(10)9-15(18)19;;/h4-10,13-14,21,24,34-35,42,47H,11-12,15-20H2,1-3H3;1-7,10-11,19,23,32-33,38,41H,8-9,12-18H2;4-10H,11H2,1-3H3,(H,23,24);1-7H,8-9H2,(H,18,19);1H;/q;;;;;+1/p-1/t24?,34-,35?,38+,39-;23?,32-,33?,34+,35-;;;;/m11..../s1. The van der Waals surface area contributed by atoms with Crippen LogP contribution in [0.3, 0.4) is 0 Å². The maximum atomic E-state index is 13.9. The summed E-state index contributed by atoms with van der Waals surface area (Å²) < 4.78 is 36.4. The summed E-state index contributed by atoms with van der Waals surface area (Å²) in [6.45, 7) is 11.8. The number of nitrogens with one attached hydrogen (secondary N) is 2. The van der Waals surface area contributed by atoms with Crippen molar-refractivity contribution < 1.29 is 117 Å². The molecule has 10 aliphatic rings. The van der Waals surface area contributed by atoms with Gasteiger partial charge in [0.2, 0.25) is 0 Å². The summed E-state index contributed by atoms with van der Waals surface area (Å²) in [6.07, 6.45) is 6.56. The van der Waals surface area contributed by atoms with E-state index < -0.39 is 81.5 Å². The summed E-state index contributed by atoms with van der Waals surface area (Å²) >= 11 is 50.9. The number of nitrogens with zero attached hydrogens (tertiary/aromatic N) is 2. The van der Waals surface area contributed by atoms with Crippen LogP contribution in [-0.4, -0.2) is 123 Å². The van der Waals surface area contributed by atoms with Gasteiger partial charge < -0.3 is 64.3 Å². The second kappa shape index (κ2) is 42.7. The van der Waals surface area contributed by atoms with E-state index in [-0.39, 0.29) is 153 Å². The Morgan fingerprint density at radius 1 is 0.436 bits per heavy atom. The molecule has 32 heteroatoms. The summed E-state index contributed by atoms with van der Waals surface area (Å²) in [7, 11) is 0. The first-order chi connectivity index (χ1) is 65.8. The number of hydrogen-bond acceptors (Lipinski definition) is 19. The van der Waals surface area contributed by atoms with Crippen LogP contribution in [-0.2, 0) is 87.6 Å². The van der Waals surface area contributed by atoms with E-state index in [2.05, 4.69) is 10.6 Å². The number of piperidine rings is 2. The average molecular weight is 2090 g/mol. The number of carboxylic acids is 2. The van der Waals surface area contributed by atoms with Gasteiger partial charge in [0.05, 0.1) is 84.1 Å². The summed E-state index contributed by atoms with van der Waals surface area (Å²) in [5.41, 5.74) is 5.39. The zero-order chi connectivity index (χ0) is 98.0. The van der Waals surface area contributed by atoms with Crippen molar-refractivity contribution in [2.75, 3.05) is 22.9 Å². The van der Waals surface area contributed by atoms with E-state index in [1.165, 1.54) is 35.5 Å². The number of halogens is 9. The number of rotatable bonds is 22. The Hall–Kier alpha value is -8.99. The Kier molecular flexibility index (Phi) is 32.1. The molecule has 728 valence electrons. The van der Waals surface area contributed by atoms with Gasteiger partial charge in [0.1, 0.15) is 11.2 Å². The Balaban J connectivity index is 0.000000149. The molecule has 2 saturated heterocycles. The van der Waals surface area contributed by atoms with Crippen molar-refractivity contribution in [3.8, 4) is 23.0 Å². The number of Topliss-reactive ketones (excluding diaryl/α,β-unsaturated/α-hetero) is 2. The Morgan fingerprint density at radius 3 is 1.11 bits per heavy atom. The van der Waals surface area contributed by atoms with Gasteiger partial charge in [-0.1, -0.05) is 240 Å². The molecule has 140 heavy (non-hydrogen) atoms. The van der Waals surface area contributed by atoms with Crippen molar-refractivity contribution in [1.29, 1.82) is 0 Å². The number of carbonyl (C=O) groups is 8. The fourth-order valence-corrected chi connectivity index (χ4v) is 24.1. The summed E-state index contributed by atoms with van der Waals surface area (Å²) in [6, 6.07) is 56.4. The van der Waals surface area contributed by atoms with E-state index in [1.807, 2.05) is 60.7 Å². The molecule has 4 heterocycles. The molecule has 10 aromatic rings. The molecule has 2 amide bonds. The van der Waals surface area contributed by atoms with Gasteiger partial charge in [-0.15, -0.1) is 12.4 Å². The van der Waals surface area contributed by atoms with Crippen LogP contribution in [0.4, 0.5) is 32.3 Å². The topological polar surface area (TPSA) is 306 Å². The van der Waals surface area contributed by atoms with E-state index >= 15 is 0 Å². The molecular formula is C108H104Cl9N4NaO18. The van der Waals surface area contributed by atoms with Crippen LogP contribution in [0.1, 0.15) is 197 Å². The van der Waals surface area contributed by atoms with Gasteiger partial charge in [-0.05, 0) is 233 Å². The molecule has 22 nitrogen and oxygen atoms in total. The Morgan fingerprint density at radius 2 is 0.764 bits per heavy atom. The number of benzene rings is 10. The smallest absolute Gasteiger partial charge is 0.550 e. The molecule has 10 aromatic carbocycles. The fourth-order valence-electron chi connectivity index (χ4n) is 21.9. The van der Waals surface area contributed by atoms with Crippen LogP contribution in [0.25, 0.3) is 0 Å². The summed E-state index contributed by atoms with van der Waals surface area (Å²) in [5.74, 6) is -0.382. The number of aliphatic hydroxyl groups is 2. The largest absolute Gasteiger partial charge is 1.00 e. The minimum atomic E-state index is -1.16. The number of ketones is 2. The van der Waals surface area contributed by atoms with Gasteiger partial charge in [0, 0.05) is 93.2 Å². The second-order valence-corrected chi connectivity index (χ2v) is 42.4. The molecule has 0 aromatic heterocycles. The molecule has 20 rings (SSSR count). The predicted molar refractivity (Wildman–Crippen MR) is 536 cm³/mol. The van der Waals surface area contributed by atoms with Crippen LogP contribution in [0.15, 0.2) is 194 Å². The molecule has 0 radical (unpaired) electrons. The van der Waals surface area contributed by atoms with Gasteiger partial charge in [-0.2, -0.15) is 0 Å². The van der Waals surface area contributed by atoms with Crippen LogP contribution in [0, 0.1) is 11.8 Å². The number of hydrogen-bond donors (Lipinski definition) is 5. The van der Waals surface area contributed by atoms with E-state index in [1.54, 1.807) is 175 Å². The van der Waals surface area contributed by atoms with Crippen molar-refractivity contribution in [1.82, 2.24) is 10.6 Å². The quantitative estimate of drug-likeness (QED) is 0.0239. The molecule has 4 saturated carbocycles. The molecular weight excluding hydrogens is 1980 g/mol. The minimum absolute atomic E-state index is 0. The first kappa shape index (κ1) is 105. The number of ether oxygens (including phenoxy) is 6. The van der Waals surface area contributed by atoms with Crippen molar-refractivity contribution >= 4 is 176 Å². The number of aliphatic carboxylic acids is 2. The number of anilines is 4. The Labute approximate surface area is 880 Å². The third kappa shape index (κ3) is 21.0. The maximum absolute atomic E-state index is 13.9. The minimum Gasteiger partial charge on any atom is -0.550 e.